The number of esters is 1. The molecule has 1 aromatic heterocycles. The Labute approximate surface area is 131 Å². The lowest BCUT2D eigenvalue weighted by Crippen LogP contribution is -2.38. The van der Waals surface area contributed by atoms with Crippen LogP contribution in [0.15, 0.2) is 11.4 Å². The van der Waals surface area contributed by atoms with Crippen LogP contribution in [-0.2, 0) is 16.0 Å². The lowest BCUT2D eigenvalue weighted by Gasteiger charge is -2.33. The van der Waals surface area contributed by atoms with Crippen LogP contribution in [0, 0.1) is 5.92 Å². The number of ether oxygens (including phenoxy) is 1. The summed E-state index contributed by atoms with van der Waals surface area (Å²) in [5.41, 5.74) is 1.53. The highest BCUT2D eigenvalue weighted by Crippen LogP contribution is 2.35. The number of hydrogen-bond acceptors (Lipinski definition) is 4. The average molecular weight is 307 g/mol. The molecule has 1 fully saturated rings. The average Bonchev–Trinajstić information content (AvgIpc) is 2.98. The monoisotopic (exact) mass is 307 g/mol. The normalized spacial score (nSPS) is 28.9. The maximum Gasteiger partial charge on any atom is 0.308 e. The van der Waals surface area contributed by atoms with Gasteiger partial charge in [0.25, 0.3) is 0 Å². The topological polar surface area (TPSA) is 38.3 Å². The molecule has 116 valence electrons. The number of carbonyl (C=O) groups excluding carboxylic acids is 1. The second kappa shape index (κ2) is 6.93. The molecule has 1 atom stereocenters. The number of thiophene rings is 1. The van der Waals surface area contributed by atoms with Crippen LogP contribution in [0.4, 0.5) is 0 Å². The standard InChI is InChI=1S/C17H25NO2S/c1-2-20-17(19)12-6-8-13(9-7-12)18-15-4-3-5-16-14(15)10-11-21-16/h10-13,15,18H,2-9H2,1H3. The second-order valence-electron chi connectivity index (χ2n) is 6.21. The molecule has 1 saturated carbocycles. The summed E-state index contributed by atoms with van der Waals surface area (Å²) in [7, 11) is 0. The van der Waals surface area contributed by atoms with E-state index in [1.807, 2.05) is 18.3 Å². The molecule has 0 spiro atoms. The Bertz CT molecular complexity index is 477. The molecule has 1 heterocycles. The van der Waals surface area contributed by atoms with Crippen LogP contribution in [-0.4, -0.2) is 18.6 Å². The lowest BCUT2D eigenvalue weighted by molar-refractivity contribution is -0.149. The maximum absolute atomic E-state index is 11.8. The molecule has 4 heteroatoms. The van der Waals surface area contributed by atoms with Crippen LogP contribution in [0.1, 0.15) is 61.9 Å². The zero-order valence-electron chi connectivity index (χ0n) is 12.8. The molecule has 0 saturated heterocycles. The van der Waals surface area contributed by atoms with Gasteiger partial charge in [-0.05, 0) is 68.9 Å². The minimum atomic E-state index is 0.00809. The molecule has 3 nitrogen and oxygen atoms in total. The van der Waals surface area contributed by atoms with Gasteiger partial charge in [-0.3, -0.25) is 4.79 Å². The predicted molar refractivity (Wildman–Crippen MR) is 85.5 cm³/mol. The van der Waals surface area contributed by atoms with Gasteiger partial charge in [0.05, 0.1) is 12.5 Å². The molecule has 0 aromatic carbocycles. The molecule has 1 aromatic rings. The first kappa shape index (κ1) is 15.0. The molecule has 2 aliphatic rings. The van der Waals surface area contributed by atoms with E-state index < -0.39 is 0 Å². The van der Waals surface area contributed by atoms with Crippen LogP contribution < -0.4 is 5.32 Å². The molecular weight excluding hydrogens is 282 g/mol. The van der Waals surface area contributed by atoms with Crippen LogP contribution >= 0.6 is 11.3 Å². The zero-order valence-corrected chi connectivity index (χ0v) is 13.6. The Kier molecular flexibility index (Phi) is 4.96. The molecule has 1 unspecified atom stereocenters. The van der Waals surface area contributed by atoms with Gasteiger partial charge in [-0.1, -0.05) is 0 Å². The highest BCUT2D eigenvalue weighted by Gasteiger charge is 2.29. The van der Waals surface area contributed by atoms with Crippen molar-refractivity contribution in [3.05, 3.63) is 21.9 Å². The summed E-state index contributed by atoms with van der Waals surface area (Å²) in [6, 6.07) is 3.39. The lowest BCUT2D eigenvalue weighted by atomic mass is 9.84. The van der Waals surface area contributed by atoms with Crippen molar-refractivity contribution < 1.29 is 9.53 Å². The first-order valence-corrected chi connectivity index (χ1v) is 9.15. The third kappa shape index (κ3) is 3.49. The number of hydrogen-bond donors (Lipinski definition) is 1. The van der Waals surface area contributed by atoms with Crippen LogP contribution in [0.5, 0.6) is 0 Å². The van der Waals surface area contributed by atoms with Crippen LogP contribution in [0.2, 0.25) is 0 Å². The molecule has 2 aliphatic carbocycles. The van der Waals surface area contributed by atoms with Crippen LogP contribution in [0.3, 0.4) is 0 Å². The molecular formula is C17H25NO2S. The maximum atomic E-state index is 11.8. The Balaban J connectivity index is 1.51. The number of rotatable bonds is 4. The number of aryl methyl sites for hydroxylation is 1. The smallest absolute Gasteiger partial charge is 0.308 e. The third-order valence-corrected chi connectivity index (χ3v) is 5.83. The first-order valence-electron chi connectivity index (χ1n) is 8.27. The van der Waals surface area contributed by atoms with E-state index in [2.05, 4.69) is 16.8 Å². The zero-order chi connectivity index (χ0) is 14.7. The van der Waals surface area contributed by atoms with E-state index in [1.54, 1.807) is 4.88 Å². The summed E-state index contributed by atoms with van der Waals surface area (Å²) in [6.07, 6.45) is 7.93. The van der Waals surface area contributed by atoms with E-state index in [4.69, 9.17) is 4.74 Å². The van der Waals surface area contributed by atoms with Gasteiger partial charge in [-0.25, -0.2) is 0 Å². The molecule has 0 bridgehead atoms. The third-order valence-electron chi connectivity index (χ3n) is 4.84. The molecule has 0 aliphatic heterocycles. The van der Waals surface area contributed by atoms with Gasteiger partial charge in [0.15, 0.2) is 0 Å². The van der Waals surface area contributed by atoms with Gasteiger partial charge >= 0.3 is 5.97 Å². The highest BCUT2D eigenvalue weighted by atomic mass is 32.1. The van der Waals surface area contributed by atoms with Gasteiger partial charge < -0.3 is 10.1 Å². The summed E-state index contributed by atoms with van der Waals surface area (Å²) < 4.78 is 5.14. The molecule has 21 heavy (non-hydrogen) atoms. The Morgan fingerprint density at radius 2 is 2.14 bits per heavy atom. The molecule has 0 radical (unpaired) electrons. The quantitative estimate of drug-likeness (QED) is 0.859. The first-order chi connectivity index (χ1) is 10.3. The van der Waals surface area contributed by atoms with Crippen molar-refractivity contribution in [2.24, 2.45) is 5.92 Å². The van der Waals surface area contributed by atoms with E-state index in [1.165, 1.54) is 24.8 Å². The fraction of sp³-hybridized carbons (Fsp3) is 0.706. The van der Waals surface area contributed by atoms with E-state index >= 15 is 0 Å². The van der Waals surface area contributed by atoms with Crippen molar-refractivity contribution in [3.8, 4) is 0 Å². The van der Waals surface area contributed by atoms with Crippen molar-refractivity contribution >= 4 is 17.3 Å². The van der Waals surface area contributed by atoms with Crippen molar-refractivity contribution in [2.45, 2.75) is 64.0 Å². The van der Waals surface area contributed by atoms with Gasteiger partial charge in [0, 0.05) is 17.0 Å². The van der Waals surface area contributed by atoms with Crippen molar-refractivity contribution in [1.82, 2.24) is 5.32 Å². The summed E-state index contributed by atoms with van der Waals surface area (Å²) in [5.74, 6) is 0.139. The summed E-state index contributed by atoms with van der Waals surface area (Å²) in [5, 5.41) is 6.07. The number of carbonyl (C=O) groups is 1. The van der Waals surface area contributed by atoms with Gasteiger partial charge in [0.1, 0.15) is 0 Å². The fourth-order valence-electron chi connectivity index (χ4n) is 3.70. The summed E-state index contributed by atoms with van der Waals surface area (Å²) in [4.78, 5) is 13.4. The largest absolute Gasteiger partial charge is 0.466 e. The Morgan fingerprint density at radius 1 is 1.33 bits per heavy atom. The molecule has 1 N–H and O–H groups in total. The van der Waals surface area contributed by atoms with Gasteiger partial charge in [0.2, 0.25) is 0 Å². The van der Waals surface area contributed by atoms with E-state index in [0.29, 0.717) is 18.7 Å². The Hall–Kier alpha value is -0.870. The summed E-state index contributed by atoms with van der Waals surface area (Å²) in [6.45, 7) is 2.38. The van der Waals surface area contributed by atoms with Crippen LogP contribution in [0.25, 0.3) is 0 Å². The molecule has 0 amide bonds. The van der Waals surface area contributed by atoms with Crippen molar-refractivity contribution in [3.63, 3.8) is 0 Å². The Morgan fingerprint density at radius 3 is 2.90 bits per heavy atom. The summed E-state index contributed by atoms with van der Waals surface area (Å²) >= 11 is 1.90. The van der Waals surface area contributed by atoms with E-state index in [0.717, 1.165) is 25.7 Å². The number of nitrogens with one attached hydrogen (secondary N) is 1. The molecule has 3 rings (SSSR count). The van der Waals surface area contributed by atoms with E-state index in [9.17, 15) is 4.79 Å². The minimum Gasteiger partial charge on any atom is -0.466 e. The minimum absolute atomic E-state index is 0.00809. The van der Waals surface area contributed by atoms with E-state index in [-0.39, 0.29) is 11.9 Å². The highest BCUT2D eigenvalue weighted by molar-refractivity contribution is 7.10. The number of fused-ring (bicyclic) bond motifs is 1. The fourth-order valence-corrected chi connectivity index (χ4v) is 4.69. The SMILES string of the molecule is CCOC(=O)C1CCC(NC2CCCc3sccc32)CC1. The van der Waals surface area contributed by atoms with Gasteiger partial charge in [-0.2, -0.15) is 0 Å². The predicted octanol–water partition coefficient (Wildman–Crippen LogP) is 3.84. The van der Waals surface area contributed by atoms with Crippen molar-refractivity contribution in [1.29, 1.82) is 0 Å². The van der Waals surface area contributed by atoms with Gasteiger partial charge in [-0.15, -0.1) is 11.3 Å². The van der Waals surface area contributed by atoms with Crippen molar-refractivity contribution in [2.75, 3.05) is 6.61 Å². The second-order valence-corrected chi connectivity index (χ2v) is 7.21.